The first-order valence-electron chi connectivity index (χ1n) is 4.62. The van der Waals surface area contributed by atoms with E-state index in [1.807, 2.05) is 5.43 Å². The molecule has 0 heterocycles. The van der Waals surface area contributed by atoms with E-state index in [9.17, 15) is 9.59 Å². The molecule has 0 bridgehead atoms. The second kappa shape index (κ2) is 5.72. The minimum absolute atomic E-state index is 0.147. The number of rotatable bonds is 4. The summed E-state index contributed by atoms with van der Waals surface area (Å²) in [6.07, 6.45) is 0. The van der Waals surface area contributed by atoms with Gasteiger partial charge in [-0.05, 0) is 12.1 Å². The molecule has 0 saturated heterocycles. The summed E-state index contributed by atoms with van der Waals surface area (Å²) in [5.41, 5.74) is 2.29. The molecule has 1 rings (SSSR count). The lowest BCUT2D eigenvalue weighted by molar-refractivity contribution is -0.122. The Morgan fingerprint density at radius 2 is 2.06 bits per heavy atom. The van der Waals surface area contributed by atoms with E-state index < -0.39 is 5.91 Å². The molecule has 0 aliphatic carbocycles. The number of hydrogen-bond donors (Lipinski definition) is 3. The van der Waals surface area contributed by atoms with Gasteiger partial charge in [0.05, 0.1) is 5.56 Å². The number of ether oxygens (including phenoxy) is 1. The van der Waals surface area contributed by atoms with Gasteiger partial charge in [0.2, 0.25) is 0 Å². The van der Waals surface area contributed by atoms with Crippen LogP contribution in [0.25, 0.3) is 0 Å². The molecule has 0 spiro atoms. The zero-order valence-corrected chi connectivity index (χ0v) is 8.82. The molecular weight excluding hydrogens is 210 g/mol. The highest BCUT2D eigenvalue weighted by molar-refractivity contribution is 5.96. The summed E-state index contributed by atoms with van der Waals surface area (Å²) < 4.78 is 5.18. The van der Waals surface area contributed by atoms with E-state index in [1.54, 1.807) is 24.3 Å². The standard InChI is InChI=1S/C10H13N3O3/c1-12-9(14)6-16-8-5-3-2-4-7(8)10(15)13-11/h2-5H,6,11H2,1H3,(H,12,14)(H,13,15). The highest BCUT2D eigenvalue weighted by atomic mass is 16.5. The lowest BCUT2D eigenvalue weighted by Gasteiger charge is -2.09. The van der Waals surface area contributed by atoms with Gasteiger partial charge >= 0.3 is 0 Å². The first-order chi connectivity index (χ1) is 7.69. The molecule has 4 N–H and O–H groups in total. The average Bonchev–Trinajstić information content (AvgIpc) is 2.35. The predicted octanol–water partition coefficient (Wildman–Crippen LogP) is -0.585. The van der Waals surface area contributed by atoms with E-state index in [0.29, 0.717) is 5.75 Å². The fourth-order valence-electron chi connectivity index (χ4n) is 1.07. The van der Waals surface area contributed by atoms with Crippen molar-refractivity contribution in [2.75, 3.05) is 13.7 Å². The highest BCUT2D eigenvalue weighted by Gasteiger charge is 2.11. The monoisotopic (exact) mass is 223 g/mol. The van der Waals surface area contributed by atoms with Crippen LogP contribution in [0.5, 0.6) is 5.75 Å². The van der Waals surface area contributed by atoms with Gasteiger partial charge in [0.1, 0.15) is 5.75 Å². The van der Waals surface area contributed by atoms with Crippen molar-refractivity contribution in [2.45, 2.75) is 0 Å². The number of amides is 2. The Balaban J connectivity index is 2.79. The fourth-order valence-corrected chi connectivity index (χ4v) is 1.07. The van der Waals surface area contributed by atoms with Gasteiger partial charge in [-0.3, -0.25) is 15.0 Å². The van der Waals surface area contributed by atoms with Crippen LogP contribution in [0.15, 0.2) is 24.3 Å². The number of nitrogen functional groups attached to an aromatic ring is 1. The minimum Gasteiger partial charge on any atom is -0.483 e. The second-order valence-electron chi connectivity index (χ2n) is 2.93. The third kappa shape index (κ3) is 2.96. The van der Waals surface area contributed by atoms with Gasteiger partial charge < -0.3 is 10.1 Å². The van der Waals surface area contributed by atoms with Crippen molar-refractivity contribution in [1.82, 2.24) is 10.7 Å². The lowest BCUT2D eigenvalue weighted by atomic mass is 10.2. The van der Waals surface area contributed by atoms with Crippen molar-refractivity contribution in [3.05, 3.63) is 29.8 Å². The quantitative estimate of drug-likeness (QED) is 0.361. The molecule has 6 heteroatoms. The largest absolute Gasteiger partial charge is 0.483 e. The van der Waals surface area contributed by atoms with Crippen LogP contribution in [0, 0.1) is 0 Å². The molecular formula is C10H13N3O3. The maximum Gasteiger partial charge on any atom is 0.268 e. The average molecular weight is 223 g/mol. The summed E-state index contributed by atoms with van der Waals surface area (Å²) in [5, 5.41) is 2.41. The molecule has 0 unspecified atom stereocenters. The number of carbonyl (C=O) groups is 2. The van der Waals surface area contributed by atoms with Crippen molar-refractivity contribution in [3.63, 3.8) is 0 Å². The van der Waals surface area contributed by atoms with E-state index >= 15 is 0 Å². The number of nitrogens with one attached hydrogen (secondary N) is 2. The Bertz CT molecular complexity index is 393. The van der Waals surface area contributed by atoms with E-state index in [-0.39, 0.29) is 18.1 Å². The Morgan fingerprint density at radius 3 is 2.69 bits per heavy atom. The van der Waals surface area contributed by atoms with Gasteiger partial charge in [-0.15, -0.1) is 0 Å². The van der Waals surface area contributed by atoms with Crippen LogP contribution in [0.2, 0.25) is 0 Å². The Morgan fingerprint density at radius 1 is 1.38 bits per heavy atom. The van der Waals surface area contributed by atoms with Gasteiger partial charge in [-0.25, -0.2) is 5.84 Å². The molecule has 16 heavy (non-hydrogen) atoms. The van der Waals surface area contributed by atoms with Crippen LogP contribution in [-0.2, 0) is 4.79 Å². The van der Waals surface area contributed by atoms with Crippen LogP contribution in [0.3, 0.4) is 0 Å². The van der Waals surface area contributed by atoms with Gasteiger partial charge in [-0.2, -0.15) is 0 Å². The maximum atomic E-state index is 11.3. The Labute approximate surface area is 92.7 Å². The number of carbonyl (C=O) groups excluding carboxylic acids is 2. The second-order valence-corrected chi connectivity index (χ2v) is 2.93. The van der Waals surface area contributed by atoms with E-state index in [1.165, 1.54) is 7.05 Å². The Kier molecular flexibility index (Phi) is 4.28. The summed E-state index contributed by atoms with van der Waals surface area (Å²) in [7, 11) is 1.50. The number of benzene rings is 1. The summed E-state index contributed by atoms with van der Waals surface area (Å²) >= 11 is 0. The van der Waals surface area contributed by atoms with E-state index in [2.05, 4.69) is 5.32 Å². The molecule has 0 atom stereocenters. The molecule has 86 valence electrons. The van der Waals surface area contributed by atoms with Crippen LogP contribution in [0.1, 0.15) is 10.4 Å². The van der Waals surface area contributed by atoms with Crippen LogP contribution >= 0.6 is 0 Å². The van der Waals surface area contributed by atoms with Gasteiger partial charge in [-0.1, -0.05) is 12.1 Å². The number of likely N-dealkylation sites (N-methyl/N-ethyl adjacent to an activating group) is 1. The maximum absolute atomic E-state index is 11.3. The molecule has 2 amide bonds. The van der Waals surface area contributed by atoms with Gasteiger partial charge in [0, 0.05) is 7.05 Å². The van der Waals surface area contributed by atoms with Crippen LogP contribution in [-0.4, -0.2) is 25.5 Å². The Hall–Kier alpha value is -2.08. The summed E-state index contributed by atoms with van der Waals surface area (Å²) in [4.78, 5) is 22.3. The van der Waals surface area contributed by atoms with E-state index in [0.717, 1.165) is 0 Å². The first-order valence-corrected chi connectivity index (χ1v) is 4.62. The zero-order valence-electron chi connectivity index (χ0n) is 8.82. The van der Waals surface area contributed by atoms with Crippen molar-refractivity contribution in [1.29, 1.82) is 0 Å². The SMILES string of the molecule is CNC(=O)COc1ccccc1C(=O)NN. The predicted molar refractivity (Wildman–Crippen MR) is 57.7 cm³/mol. The van der Waals surface area contributed by atoms with Crippen molar-refractivity contribution in [3.8, 4) is 5.75 Å². The molecule has 0 radical (unpaired) electrons. The molecule has 1 aromatic rings. The number of nitrogens with two attached hydrogens (primary N) is 1. The van der Waals surface area contributed by atoms with E-state index in [4.69, 9.17) is 10.6 Å². The smallest absolute Gasteiger partial charge is 0.268 e. The highest BCUT2D eigenvalue weighted by Crippen LogP contribution is 2.17. The van der Waals surface area contributed by atoms with Crippen LogP contribution in [0.4, 0.5) is 0 Å². The molecule has 0 saturated carbocycles. The molecule has 1 aromatic carbocycles. The minimum atomic E-state index is -0.465. The number of para-hydroxylation sites is 1. The number of hydrazine groups is 1. The van der Waals surface area contributed by atoms with Crippen LogP contribution < -0.4 is 21.3 Å². The van der Waals surface area contributed by atoms with Gasteiger partial charge in [0.25, 0.3) is 11.8 Å². The lowest BCUT2D eigenvalue weighted by Crippen LogP contribution is -2.31. The van der Waals surface area contributed by atoms with Gasteiger partial charge in [0.15, 0.2) is 6.61 Å². The zero-order chi connectivity index (χ0) is 12.0. The molecule has 0 aromatic heterocycles. The van der Waals surface area contributed by atoms with Crippen molar-refractivity contribution < 1.29 is 14.3 Å². The molecule has 0 aliphatic heterocycles. The fraction of sp³-hybridized carbons (Fsp3) is 0.200. The van der Waals surface area contributed by atoms with Crippen molar-refractivity contribution >= 4 is 11.8 Å². The summed E-state index contributed by atoms with van der Waals surface area (Å²) in [5.74, 6) is 4.59. The summed E-state index contributed by atoms with van der Waals surface area (Å²) in [6.45, 7) is -0.147. The normalized spacial score (nSPS) is 9.38. The number of hydrogen-bond acceptors (Lipinski definition) is 4. The molecule has 0 fully saturated rings. The third-order valence-electron chi connectivity index (χ3n) is 1.90. The molecule has 0 aliphatic rings. The van der Waals surface area contributed by atoms with Crippen molar-refractivity contribution in [2.24, 2.45) is 5.84 Å². The first kappa shape index (κ1) is 12.0. The topological polar surface area (TPSA) is 93.4 Å². The third-order valence-corrected chi connectivity index (χ3v) is 1.90. The molecule has 6 nitrogen and oxygen atoms in total. The summed E-state index contributed by atoms with van der Waals surface area (Å²) in [6, 6.07) is 6.53.